The molecule has 1 aliphatic rings. The van der Waals surface area contributed by atoms with Gasteiger partial charge in [0.2, 0.25) is 5.91 Å². The molecule has 1 N–H and O–H groups in total. The fraction of sp³-hybridized carbons (Fsp3) is 0.615. The van der Waals surface area contributed by atoms with Crippen molar-refractivity contribution >= 4 is 27.9 Å². The monoisotopic (exact) mass is 313 g/mol. The number of hydrogen-bond acceptors (Lipinski definition) is 6. The molecule has 116 valence electrons. The number of thiophene rings is 1. The van der Waals surface area contributed by atoms with E-state index in [4.69, 9.17) is 0 Å². The second-order valence-corrected chi connectivity index (χ2v) is 6.77. The summed E-state index contributed by atoms with van der Waals surface area (Å²) in [6.07, 6.45) is -0.770. The van der Waals surface area contributed by atoms with Crippen LogP contribution in [0.15, 0.2) is 6.07 Å². The third-order valence-electron chi connectivity index (χ3n) is 3.77. The zero-order valence-electron chi connectivity index (χ0n) is 12.5. The number of piperazine rings is 1. The lowest BCUT2D eigenvalue weighted by Crippen LogP contribution is -2.62. The first-order valence-electron chi connectivity index (χ1n) is 6.65. The standard InChI is InChI=1S/C13H19N3O4S/c1-8(17)10-7-9(16(19)20)11(21-10)15-6-5-14(4)12(18)13(15,2)3/h7-8,17H,5-6H2,1-4H3. The molecule has 7 nitrogen and oxygen atoms in total. The van der Waals surface area contributed by atoms with Crippen LogP contribution in [0.25, 0.3) is 0 Å². The lowest BCUT2D eigenvalue weighted by molar-refractivity contribution is -0.383. The van der Waals surface area contributed by atoms with Gasteiger partial charge in [-0.1, -0.05) is 0 Å². The van der Waals surface area contributed by atoms with E-state index in [2.05, 4.69) is 0 Å². The summed E-state index contributed by atoms with van der Waals surface area (Å²) in [6, 6.07) is 1.39. The Morgan fingerprint density at radius 2 is 2.10 bits per heavy atom. The third-order valence-corrected chi connectivity index (χ3v) is 5.09. The van der Waals surface area contributed by atoms with Crippen LogP contribution in [0.5, 0.6) is 0 Å². The van der Waals surface area contributed by atoms with Gasteiger partial charge in [-0.15, -0.1) is 11.3 Å². The number of anilines is 1. The summed E-state index contributed by atoms with van der Waals surface area (Å²) in [6.45, 7) is 6.13. The van der Waals surface area contributed by atoms with E-state index >= 15 is 0 Å². The molecule has 1 saturated heterocycles. The molecule has 1 aliphatic heterocycles. The minimum atomic E-state index is -0.849. The summed E-state index contributed by atoms with van der Waals surface area (Å²) < 4.78 is 0. The number of hydrogen-bond donors (Lipinski definition) is 1. The third kappa shape index (κ3) is 2.60. The Morgan fingerprint density at radius 3 is 2.62 bits per heavy atom. The van der Waals surface area contributed by atoms with Crippen molar-refractivity contribution in [2.75, 3.05) is 25.0 Å². The molecule has 0 aliphatic carbocycles. The zero-order valence-corrected chi connectivity index (χ0v) is 13.3. The SMILES string of the molecule is CC(O)c1cc([N+](=O)[O-])c(N2CCN(C)C(=O)C2(C)C)s1. The molecule has 1 aromatic heterocycles. The summed E-state index contributed by atoms with van der Waals surface area (Å²) >= 11 is 1.17. The van der Waals surface area contributed by atoms with Gasteiger partial charge in [0.05, 0.1) is 11.0 Å². The predicted octanol–water partition coefficient (Wildman–Crippen LogP) is 1.77. The average molecular weight is 313 g/mol. The van der Waals surface area contributed by atoms with Gasteiger partial charge < -0.3 is 14.9 Å². The number of amides is 1. The van der Waals surface area contributed by atoms with Crippen LogP contribution >= 0.6 is 11.3 Å². The molecule has 2 rings (SSSR count). The maximum atomic E-state index is 12.3. The van der Waals surface area contributed by atoms with Gasteiger partial charge in [-0.3, -0.25) is 14.9 Å². The molecule has 21 heavy (non-hydrogen) atoms. The Labute approximate surface area is 126 Å². The fourth-order valence-corrected chi connectivity index (χ4v) is 3.72. The van der Waals surface area contributed by atoms with Crippen LogP contribution in [-0.4, -0.2) is 46.5 Å². The van der Waals surface area contributed by atoms with E-state index in [9.17, 15) is 20.0 Å². The summed E-state index contributed by atoms with van der Waals surface area (Å²) in [4.78, 5) is 27.1. The van der Waals surface area contributed by atoms with Gasteiger partial charge in [-0.05, 0) is 20.8 Å². The molecule has 1 unspecified atom stereocenters. The van der Waals surface area contributed by atoms with Gasteiger partial charge >= 0.3 is 5.69 Å². The molecule has 0 bridgehead atoms. The van der Waals surface area contributed by atoms with Gasteiger partial charge in [0.15, 0.2) is 5.00 Å². The zero-order chi connectivity index (χ0) is 15.9. The Hall–Kier alpha value is -1.67. The first-order chi connectivity index (χ1) is 9.66. The van der Waals surface area contributed by atoms with Crippen LogP contribution in [0.2, 0.25) is 0 Å². The molecule has 0 spiro atoms. The normalized spacial score (nSPS) is 19.8. The first-order valence-corrected chi connectivity index (χ1v) is 7.47. The number of likely N-dealkylation sites (N-methyl/N-ethyl adjacent to an activating group) is 1. The molecule has 0 aromatic carbocycles. The lowest BCUT2D eigenvalue weighted by Gasteiger charge is -2.45. The number of carbonyl (C=O) groups excluding carboxylic acids is 1. The van der Waals surface area contributed by atoms with Crippen LogP contribution < -0.4 is 4.90 Å². The van der Waals surface area contributed by atoms with E-state index in [0.29, 0.717) is 23.0 Å². The highest BCUT2D eigenvalue weighted by Crippen LogP contribution is 2.43. The van der Waals surface area contributed by atoms with Crippen LogP contribution in [-0.2, 0) is 4.79 Å². The topological polar surface area (TPSA) is 86.9 Å². The van der Waals surface area contributed by atoms with Crippen LogP contribution in [0.3, 0.4) is 0 Å². The van der Waals surface area contributed by atoms with Crippen molar-refractivity contribution in [3.63, 3.8) is 0 Å². The Morgan fingerprint density at radius 1 is 1.48 bits per heavy atom. The summed E-state index contributed by atoms with van der Waals surface area (Å²) in [5, 5.41) is 21.4. The van der Waals surface area contributed by atoms with Crippen molar-refractivity contribution in [3.8, 4) is 0 Å². The largest absolute Gasteiger partial charge is 0.388 e. The van der Waals surface area contributed by atoms with Crippen molar-refractivity contribution < 1.29 is 14.8 Å². The molecule has 0 radical (unpaired) electrons. The highest BCUT2D eigenvalue weighted by Gasteiger charge is 2.43. The molecule has 1 aromatic rings. The maximum Gasteiger partial charge on any atom is 0.304 e. The maximum absolute atomic E-state index is 12.3. The highest BCUT2D eigenvalue weighted by atomic mass is 32.1. The number of nitrogens with zero attached hydrogens (tertiary/aromatic N) is 3. The van der Waals surface area contributed by atoms with Gasteiger partial charge in [-0.25, -0.2) is 0 Å². The van der Waals surface area contributed by atoms with E-state index in [0.717, 1.165) is 0 Å². The summed E-state index contributed by atoms with van der Waals surface area (Å²) in [7, 11) is 1.73. The van der Waals surface area contributed by atoms with Gasteiger partial charge in [0.25, 0.3) is 0 Å². The minimum Gasteiger partial charge on any atom is -0.388 e. The van der Waals surface area contributed by atoms with E-state index in [-0.39, 0.29) is 11.6 Å². The average Bonchev–Trinajstić information content (AvgIpc) is 2.81. The van der Waals surface area contributed by atoms with Crippen LogP contribution in [0, 0.1) is 10.1 Å². The van der Waals surface area contributed by atoms with Gasteiger partial charge in [0, 0.05) is 31.1 Å². The van der Waals surface area contributed by atoms with E-state index in [1.165, 1.54) is 17.4 Å². The quantitative estimate of drug-likeness (QED) is 0.679. The molecule has 1 amide bonds. The smallest absolute Gasteiger partial charge is 0.304 e. The molecule has 8 heteroatoms. The molecule has 0 saturated carbocycles. The second kappa shape index (κ2) is 5.27. The Bertz CT molecular complexity index is 582. The van der Waals surface area contributed by atoms with E-state index < -0.39 is 16.6 Å². The minimum absolute atomic E-state index is 0.0543. The summed E-state index contributed by atoms with van der Waals surface area (Å²) in [5.74, 6) is -0.0740. The Kier molecular flexibility index (Phi) is 3.94. The molecular formula is C13H19N3O4S. The molecular weight excluding hydrogens is 294 g/mol. The number of carbonyl (C=O) groups is 1. The fourth-order valence-electron chi connectivity index (χ4n) is 2.49. The predicted molar refractivity (Wildman–Crippen MR) is 80.7 cm³/mol. The van der Waals surface area contributed by atoms with Gasteiger partial charge in [-0.2, -0.15) is 0 Å². The molecule has 2 heterocycles. The van der Waals surface area contributed by atoms with Crippen LogP contribution in [0.4, 0.5) is 10.7 Å². The number of aliphatic hydroxyl groups excluding tert-OH is 1. The second-order valence-electron chi connectivity index (χ2n) is 5.71. The molecule has 1 atom stereocenters. The summed E-state index contributed by atoms with van der Waals surface area (Å²) in [5.41, 5.74) is -0.903. The van der Waals surface area contributed by atoms with Gasteiger partial charge in [0.1, 0.15) is 5.54 Å². The van der Waals surface area contributed by atoms with Crippen molar-refractivity contribution in [1.82, 2.24) is 4.90 Å². The van der Waals surface area contributed by atoms with E-state index in [1.807, 2.05) is 0 Å². The highest BCUT2D eigenvalue weighted by molar-refractivity contribution is 7.16. The van der Waals surface area contributed by atoms with Crippen molar-refractivity contribution in [3.05, 3.63) is 21.1 Å². The van der Waals surface area contributed by atoms with Crippen molar-refractivity contribution in [2.24, 2.45) is 0 Å². The number of rotatable bonds is 3. The Balaban J connectivity index is 2.50. The number of aliphatic hydroxyl groups is 1. The lowest BCUT2D eigenvalue weighted by atomic mass is 9.98. The van der Waals surface area contributed by atoms with Crippen LogP contribution in [0.1, 0.15) is 31.8 Å². The van der Waals surface area contributed by atoms with E-state index in [1.54, 1.807) is 37.6 Å². The number of nitro groups is 1. The van der Waals surface area contributed by atoms with Crippen molar-refractivity contribution in [1.29, 1.82) is 0 Å². The molecule has 1 fully saturated rings. The van der Waals surface area contributed by atoms with Crippen molar-refractivity contribution in [2.45, 2.75) is 32.4 Å². The first kappa shape index (κ1) is 15.7.